The van der Waals surface area contributed by atoms with Crippen molar-refractivity contribution < 1.29 is 9.90 Å². The lowest BCUT2D eigenvalue weighted by Gasteiger charge is -2.07. The molecule has 2 nitrogen and oxygen atoms in total. The standard InChI is InChI=1S/C12H11BrO2/c1-6-5-9-8(12(14)15)3-4-10(13)11(9)7(6)2/h3-4H,5H2,1-2H3,(H,14,15). The molecule has 0 saturated carbocycles. The van der Waals surface area contributed by atoms with Gasteiger partial charge in [-0.1, -0.05) is 21.5 Å². The molecule has 2 rings (SSSR count). The zero-order valence-electron chi connectivity index (χ0n) is 8.60. The van der Waals surface area contributed by atoms with Gasteiger partial charge in [0.15, 0.2) is 0 Å². The summed E-state index contributed by atoms with van der Waals surface area (Å²) in [5, 5.41) is 9.08. The number of carboxylic acid groups (broad SMARTS) is 1. The molecule has 0 unspecified atom stereocenters. The fourth-order valence-electron chi connectivity index (χ4n) is 2.02. The third-order valence-electron chi connectivity index (χ3n) is 2.95. The van der Waals surface area contributed by atoms with E-state index in [1.54, 1.807) is 6.07 Å². The zero-order valence-corrected chi connectivity index (χ0v) is 10.2. The number of benzene rings is 1. The first-order chi connectivity index (χ1) is 7.02. The van der Waals surface area contributed by atoms with Crippen LogP contribution in [0.5, 0.6) is 0 Å². The van der Waals surface area contributed by atoms with Crippen molar-refractivity contribution >= 4 is 27.5 Å². The molecule has 0 amide bonds. The smallest absolute Gasteiger partial charge is 0.335 e. The van der Waals surface area contributed by atoms with Gasteiger partial charge in [-0.3, -0.25) is 0 Å². The largest absolute Gasteiger partial charge is 0.478 e. The number of fused-ring (bicyclic) bond motifs is 1. The molecule has 0 saturated heterocycles. The van der Waals surface area contributed by atoms with Gasteiger partial charge in [0.25, 0.3) is 0 Å². The highest BCUT2D eigenvalue weighted by Gasteiger charge is 2.23. The van der Waals surface area contributed by atoms with Crippen molar-refractivity contribution in [3.8, 4) is 0 Å². The predicted molar refractivity (Wildman–Crippen MR) is 63.1 cm³/mol. The molecule has 1 aromatic rings. The van der Waals surface area contributed by atoms with Crippen LogP contribution in [0.25, 0.3) is 5.57 Å². The topological polar surface area (TPSA) is 37.3 Å². The van der Waals surface area contributed by atoms with E-state index in [0.717, 1.165) is 22.0 Å². The lowest BCUT2D eigenvalue weighted by atomic mass is 10.0. The Balaban J connectivity index is 2.71. The van der Waals surface area contributed by atoms with Gasteiger partial charge < -0.3 is 5.11 Å². The highest BCUT2D eigenvalue weighted by atomic mass is 79.9. The molecule has 1 N–H and O–H groups in total. The molecular formula is C12H11BrO2. The quantitative estimate of drug-likeness (QED) is 0.845. The summed E-state index contributed by atoms with van der Waals surface area (Å²) < 4.78 is 0.983. The molecule has 78 valence electrons. The van der Waals surface area contributed by atoms with Gasteiger partial charge in [-0.15, -0.1) is 0 Å². The van der Waals surface area contributed by atoms with Crippen molar-refractivity contribution in [3.05, 3.63) is 38.9 Å². The van der Waals surface area contributed by atoms with E-state index in [9.17, 15) is 4.79 Å². The van der Waals surface area contributed by atoms with Gasteiger partial charge in [0, 0.05) is 4.47 Å². The van der Waals surface area contributed by atoms with Crippen molar-refractivity contribution in [3.63, 3.8) is 0 Å². The molecule has 0 atom stereocenters. The molecule has 3 heteroatoms. The number of aromatic carboxylic acids is 1. The van der Waals surface area contributed by atoms with Gasteiger partial charge in [0.2, 0.25) is 0 Å². The van der Waals surface area contributed by atoms with Crippen LogP contribution in [0.3, 0.4) is 0 Å². The number of rotatable bonds is 1. The van der Waals surface area contributed by atoms with E-state index >= 15 is 0 Å². The summed E-state index contributed by atoms with van der Waals surface area (Å²) in [5.41, 5.74) is 4.86. The van der Waals surface area contributed by atoms with Crippen LogP contribution in [0.4, 0.5) is 0 Å². The number of hydrogen-bond acceptors (Lipinski definition) is 1. The Morgan fingerprint density at radius 2 is 2.07 bits per heavy atom. The molecule has 1 aliphatic rings. The Labute approximate surface area is 96.7 Å². The Morgan fingerprint density at radius 1 is 1.40 bits per heavy atom. The highest BCUT2D eigenvalue weighted by molar-refractivity contribution is 9.10. The number of carboxylic acids is 1. The van der Waals surface area contributed by atoms with Gasteiger partial charge >= 0.3 is 5.97 Å². The molecule has 0 radical (unpaired) electrons. The second-order valence-electron chi connectivity index (χ2n) is 3.84. The first-order valence-electron chi connectivity index (χ1n) is 4.73. The van der Waals surface area contributed by atoms with E-state index < -0.39 is 5.97 Å². The van der Waals surface area contributed by atoms with Gasteiger partial charge in [0.05, 0.1) is 5.56 Å². The van der Waals surface area contributed by atoms with E-state index in [1.165, 1.54) is 11.1 Å². The van der Waals surface area contributed by atoms with Crippen LogP contribution in [-0.4, -0.2) is 11.1 Å². The van der Waals surface area contributed by atoms with Crippen molar-refractivity contribution in [2.24, 2.45) is 0 Å². The molecule has 0 fully saturated rings. The Hall–Kier alpha value is -1.09. The summed E-state index contributed by atoms with van der Waals surface area (Å²) >= 11 is 3.47. The van der Waals surface area contributed by atoms with E-state index in [4.69, 9.17) is 5.11 Å². The predicted octanol–water partition coefficient (Wildman–Crippen LogP) is 3.50. The van der Waals surface area contributed by atoms with Crippen LogP contribution < -0.4 is 0 Å². The molecule has 1 aromatic carbocycles. The van der Waals surface area contributed by atoms with E-state index in [-0.39, 0.29) is 0 Å². The Morgan fingerprint density at radius 3 is 2.67 bits per heavy atom. The minimum atomic E-state index is -0.846. The highest BCUT2D eigenvalue weighted by Crippen LogP contribution is 2.38. The van der Waals surface area contributed by atoms with Gasteiger partial charge in [-0.2, -0.15) is 0 Å². The van der Waals surface area contributed by atoms with Crippen molar-refractivity contribution in [1.29, 1.82) is 0 Å². The van der Waals surface area contributed by atoms with Crippen molar-refractivity contribution in [2.75, 3.05) is 0 Å². The minimum Gasteiger partial charge on any atom is -0.478 e. The molecule has 1 aliphatic carbocycles. The fraction of sp³-hybridized carbons (Fsp3) is 0.250. The van der Waals surface area contributed by atoms with Crippen LogP contribution in [-0.2, 0) is 6.42 Å². The Kier molecular flexibility index (Phi) is 2.43. The van der Waals surface area contributed by atoms with Crippen molar-refractivity contribution in [1.82, 2.24) is 0 Å². The lowest BCUT2D eigenvalue weighted by molar-refractivity contribution is 0.0696. The van der Waals surface area contributed by atoms with Crippen LogP contribution >= 0.6 is 15.9 Å². The van der Waals surface area contributed by atoms with Gasteiger partial charge in [-0.05, 0) is 49.1 Å². The normalized spacial score (nSPS) is 14.3. The number of carbonyl (C=O) groups is 1. The number of allylic oxidation sites excluding steroid dienone is 2. The average molecular weight is 267 g/mol. The van der Waals surface area contributed by atoms with Crippen molar-refractivity contribution in [2.45, 2.75) is 20.3 Å². The first-order valence-corrected chi connectivity index (χ1v) is 5.53. The summed E-state index contributed by atoms with van der Waals surface area (Å²) in [6, 6.07) is 3.47. The summed E-state index contributed by atoms with van der Waals surface area (Å²) in [6.45, 7) is 4.09. The van der Waals surface area contributed by atoms with E-state index in [1.807, 2.05) is 19.9 Å². The van der Waals surface area contributed by atoms with Crippen LogP contribution in [0.2, 0.25) is 0 Å². The maximum Gasteiger partial charge on any atom is 0.335 e. The van der Waals surface area contributed by atoms with Crippen LogP contribution in [0.1, 0.15) is 35.3 Å². The third-order valence-corrected chi connectivity index (χ3v) is 3.61. The van der Waals surface area contributed by atoms with E-state index in [0.29, 0.717) is 5.56 Å². The van der Waals surface area contributed by atoms with Gasteiger partial charge in [0.1, 0.15) is 0 Å². The molecular weight excluding hydrogens is 256 g/mol. The summed E-state index contributed by atoms with van der Waals surface area (Å²) in [6.07, 6.45) is 0.752. The molecule has 0 bridgehead atoms. The monoisotopic (exact) mass is 266 g/mol. The lowest BCUT2D eigenvalue weighted by Crippen LogP contribution is -2.02. The minimum absolute atomic E-state index is 0.421. The molecule has 15 heavy (non-hydrogen) atoms. The maximum atomic E-state index is 11.1. The summed E-state index contributed by atoms with van der Waals surface area (Å²) in [4.78, 5) is 11.1. The van der Waals surface area contributed by atoms with Crippen LogP contribution in [0.15, 0.2) is 22.2 Å². The fourth-order valence-corrected chi connectivity index (χ4v) is 2.69. The second kappa shape index (κ2) is 3.49. The average Bonchev–Trinajstić information content (AvgIpc) is 2.44. The first kappa shape index (κ1) is 10.4. The molecule has 0 aromatic heterocycles. The second-order valence-corrected chi connectivity index (χ2v) is 4.69. The number of hydrogen-bond donors (Lipinski definition) is 1. The Bertz CT molecular complexity index is 487. The van der Waals surface area contributed by atoms with Crippen LogP contribution in [0, 0.1) is 0 Å². The summed E-state index contributed by atoms with van der Waals surface area (Å²) in [5.74, 6) is -0.846. The zero-order chi connectivity index (χ0) is 11.2. The molecule has 0 heterocycles. The molecule has 0 aliphatic heterocycles. The maximum absolute atomic E-state index is 11.1. The summed E-state index contributed by atoms with van der Waals surface area (Å²) in [7, 11) is 0. The molecule has 0 spiro atoms. The third kappa shape index (κ3) is 1.51. The number of halogens is 1. The van der Waals surface area contributed by atoms with Gasteiger partial charge in [-0.25, -0.2) is 4.79 Å². The SMILES string of the molecule is CC1=C(C)c2c(Br)ccc(C(=O)O)c2C1. The van der Waals surface area contributed by atoms with E-state index in [2.05, 4.69) is 15.9 Å².